The minimum absolute atomic E-state index is 0.0482. The van der Waals surface area contributed by atoms with Crippen LogP contribution >= 0.6 is 0 Å². The zero-order valence-electron chi connectivity index (χ0n) is 13.0. The molecule has 0 atom stereocenters. The molecule has 1 heterocycles. The van der Waals surface area contributed by atoms with Gasteiger partial charge in [0, 0.05) is 12.6 Å². The maximum absolute atomic E-state index is 12.7. The van der Waals surface area contributed by atoms with Crippen molar-refractivity contribution >= 4 is 21.4 Å². The smallest absolute Gasteiger partial charge is 0.293 e. The summed E-state index contributed by atoms with van der Waals surface area (Å²) in [6.45, 7) is 6.17. The summed E-state index contributed by atoms with van der Waals surface area (Å²) in [4.78, 5) is 11.8. The van der Waals surface area contributed by atoms with Crippen LogP contribution in [0.3, 0.4) is 0 Å². The van der Waals surface area contributed by atoms with Crippen molar-refractivity contribution in [2.24, 2.45) is 0 Å². The number of hydrogen-bond donors (Lipinski definition) is 2. The molecule has 126 valence electrons. The molecule has 0 radical (unpaired) electrons. The second-order valence-electron chi connectivity index (χ2n) is 5.47. The van der Waals surface area contributed by atoms with Crippen LogP contribution in [0.5, 0.6) is 0 Å². The van der Waals surface area contributed by atoms with Gasteiger partial charge in [-0.25, -0.2) is 8.42 Å². The van der Waals surface area contributed by atoms with Crippen LogP contribution in [-0.2, 0) is 10.0 Å². The van der Waals surface area contributed by atoms with Crippen molar-refractivity contribution in [2.75, 3.05) is 45.1 Å². The number of rotatable bonds is 6. The van der Waals surface area contributed by atoms with E-state index in [1.165, 1.54) is 21.3 Å². The Bertz CT molecular complexity index is 697. The van der Waals surface area contributed by atoms with Crippen molar-refractivity contribution in [3.63, 3.8) is 0 Å². The summed E-state index contributed by atoms with van der Waals surface area (Å²) < 4.78 is 26.7. The van der Waals surface area contributed by atoms with Crippen LogP contribution in [0.2, 0.25) is 0 Å². The molecule has 1 saturated heterocycles. The number of nitro groups is 1. The van der Waals surface area contributed by atoms with E-state index in [9.17, 15) is 18.5 Å². The van der Waals surface area contributed by atoms with Crippen LogP contribution in [0.25, 0.3) is 0 Å². The Morgan fingerprint density at radius 3 is 2.65 bits per heavy atom. The van der Waals surface area contributed by atoms with E-state index in [0.29, 0.717) is 19.6 Å². The van der Waals surface area contributed by atoms with E-state index in [4.69, 9.17) is 0 Å². The first-order valence-corrected chi connectivity index (χ1v) is 8.75. The number of likely N-dealkylation sites (N-methyl/N-ethyl adjacent to an activating group) is 1. The Labute approximate surface area is 135 Å². The molecule has 1 aliphatic rings. The number of nitro benzene ring substituents is 1. The van der Waals surface area contributed by atoms with Crippen molar-refractivity contribution in [3.8, 4) is 0 Å². The average Bonchev–Trinajstić information content (AvgIpc) is 2.53. The quantitative estimate of drug-likeness (QED) is 0.421. The molecule has 0 aromatic heterocycles. The van der Waals surface area contributed by atoms with E-state index in [0.717, 1.165) is 19.2 Å². The van der Waals surface area contributed by atoms with E-state index in [1.54, 1.807) is 6.08 Å². The predicted molar refractivity (Wildman–Crippen MR) is 87.2 cm³/mol. The molecule has 23 heavy (non-hydrogen) atoms. The van der Waals surface area contributed by atoms with Crippen LogP contribution < -0.4 is 10.2 Å². The van der Waals surface area contributed by atoms with Gasteiger partial charge in [0.25, 0.3) is 5.69 Å². The van der Waals surface area contributed by atoms with E-state index in [1.807, 2.05) is 7.05 Å². The molecular weight excluding hydrogens is 320 g/mol. The summed E-state index contributed by atoms with van der Waals surface area (Å²) in [6, 6.07) is 3.95. The summed E-state index contributed by atoms with van der Waals surface area (Å²) in [5, 5.41) is 14.0. The monoisotopic (exact) mass is 341 g/mol. The molecule has 0 saturated carbocycles. The van der Waals surface area contributed by atoms with Gasteiger partial charge in [-0.05, 0) is 12.1 Å². The van der Waals surface area contributed by atoms with E-state index in [2.05, 4.69) is 11.9 Å². The molecule has 1 aliphatic heterocycles. The van der Waals surface area contributed by atoms with Crippen molar-refractivity contribution < 1.29 is 18.2 Å². The number of nitrogens with zero attached hydrogens (tertiary/aromatic N) is 2. The molecule has 2 rings (SSSR count). The molecule has 2 N–H and O–H groups in total. The van der Waals surface area contributed by atoms with E-state index < -0.39 is 14.9 Å². The molecule has 0 bridgehead atoms. The topological polar surface area (TPSA) is 97.0 Å². The van der Waals surface area contributed by atoms with Crippen molar-refractivity contribution in [1.82, 2.24) is 4.31 Å². The first-order valence-electron chi connectivity index (χ1n) is 7.31. The maximum atomic E-state index is 12.7. The lowest BCUT2D eigenvalue weighted by Gasteiger charge is -2.29. The van der Waals surface area contributed by atoms with Gasteiger partial charge < -0.3 is 10.2 Å². The van der Waals surface area contributed by atoms with Gasteiger partial charge in [0.2, 0.25) is 10.0 Å². The highest BCUT2D eigenvalue weighted by atomic mass is 32.2. The van der Waals surface area contributed by atoms with Crippen LogP contribution in [0, 0.1) is 10.1 Å². The standard InChI is InChI=1S/C14H20N4O4S/c1-3-6-15-13-5-4-12(11-14(13)18(19)20)23(21,22)17-9-7-16(2)8-10-17/h3-5,11,15H,1,6-10H2,2H3/p+1. The lowest BCUT2D eigenvalue weighted by Crippen LogP contribution is -3.12. The molecule has 0 aliphatic carbocycles. The Morgan fingerprint density at radius 2 is 2.09 bits per heavy atom. The van der Waals surface area contributed by atoms with Gasteiger partial charge in [-0.2, -0.15) is 4.31 Å². The highest BCUT2D eigenvalue weighted by Gasteiger charge is 2.30. The Hall–Kier alpha value is -1.97. The summed E-state index contributed by atoms with van der Waals surface area (Å²) in [7, 11) is -1.70. The lowest BCUT2D eigenvalue weighted by atomic mass is 10.2. The highest BCUT2D eigenvalue weighted by Crippen LogP contribution is 2.28. The molecule has 1 aromatic rings. The fourth-order valence-corrected chi connectivity index (χ4v) is 3.87. The number of anilines is 1. The predicted octanol–water partition coefficient (Wildman–Crippen LogP) is -0.288. The van der Waals surface area contributed by atoms with E-state index in [-0.39, 0.29) is 16.3 Å². The third-order valence-electron chi connectivity index (χ3n) is 3.82. The summed E-state index contributed by atoms with van der Waals surface area (Å²) in [5.74, 6) is 0. The minimum atomic E-state index is -3.71. The largest absolute Gasteiger partial charge is 0.376 e. The normalized spacial score (nSPS) is 16.9. The third kappa shape index (κ3) is 3.87. The molecule has 1 aromatic carbocycles. The van der Waals surface area contributed by atoms with Crippen molar-refractivity contribution in [1.29, 1.82) is 0 Å². The number of benzene rings is 1. The van der Waals surface area contributed by atoms with Gasteiger partial charge in [-0.15, -0.1) is 6.58 Å². The third-order valence-corrected chi connectivity index (χ3v) is 5.71. The summed E-state index contributed by atoms with van der Waals surface area (Å²) >= 11 is 0. The maximum Gasteiger partial charge on any atom is 0.293 e. The number of nitrogens with one attached hydrogen (secondary N) is 2. The Balaban J connectivity index is 2.33. The van der Waals surface area contributed by atoms with Crippen LogP contribution in [0.1, 0.15) is 0 Å². The van der Waals surface area contributed by atoms with Gasteiger partial charge in [-0.3, -0.25) is 10.1 Å². The molecule has 1 fully saturated rings. The molecular formula is C14H21N4O4S+. The van der Waals surface area contributed by atoms with Gasteiger partial charge in [0.05, 0.1) is 43.0 Å². The van der Waals surface area contributed by atoms with Gasteiger partial charge in [0.15, 0.2) is 0 Å². The molecule has 0 spiro atoms. The van der Waals surface area contributed by atoms with Crippen LogP contribution in [0.4, 0.5) is 11.4 Å². The van der Waals surface area contributed by atoms with Crippen LogP contribution in [0.15, 0.2) is 35.7 Å². The van der Waals surface area contributed by atoms with Gasteiger partial charge in [-0.1, -0.05) is 6.08 Å². The SMILES string of the molecule is C=CCNc1ccc(S(=O)(=O)N2CC[NH+](C)CC2)cc1[N+](=O)[O-]. The zero-order valence-corrected chi connectivity index (χ0v) is 13.8. The van der Waals surface area contributed by atoms with Gasteiger partial charge >= 0.3 is 0 Å². The Morgan fingerprint density at radius 1 is 1.43 bits per heavy atom. The van der Waals surface area contributed by atoms with Crippen molar-refractivity contribution in [3.05, 3.63) is 41.0 Å². The van der Waals surface area contributed by atoms with Crippen LogP contribution in [-0.4, -0.2) is 57.4 Å². The first-order chi connectivity index (χ1) is 10.9. The van der Waals surface area contributed by atoms with Crippen molar-refractivity contribution in [2.45, 2.75) is 4.90 Å². The molecule has 0 amide bonds. The van der Waals surface area contributed by atoms with E-state index >= 15 is 0 Å². The zero-order chi connectivity index (χ0) is 17.0. The van der Waals surface area contributed by atoms with Gasteiger partial charge in [0.1, 0.15) is 5.69 Å². The number of hydrogen-bond acceptors (Lipinski definition) is 5. The minimum Gasteiger partial charge on any atom is -0.376 e. The number of quaternary nitrogens is 1. The molecule has 0 unspecified atom stereocenters. The molecule has 9 heteroatoms. The second-order valence-corrected chi connectivity index (χ2v) is 7.40. The second kappa shape index (κ2) is 7.07. The lowest BCUT2D eigenvalue weighted by molar-refractivity contribution is -0.883. The molecule has 8 nitrogen and oxygen atoms in total. The average molecular weight is 341 g/mol. The fraction of sp³-hybridized carbons (Fsp3) is 0.429. The first kappa shape index (κ1) is 17.4. The fourth-order valence-electron chi connectivity index (χ4n) is 2.41. The number of sulfonamides is 1. The summed E-state index contributed by atoms with van der Waals surface area (Å²) in [5.41, 5.74) is 0.0179. The summed E-state index contributed by atoms with van der Waals surface area (Å²) in [6.07, 6.45) is 1.57. The highest BCUT2D eigenvalue weighted by molar-refractivity contribution is 7.89. The number of piperazine rings is 1. The Kier molecular flexibility index (Phi) is 5.34.